The number of pyridine rings is 1. The lowest BCUT2D eigenvalue weighted by Gasteiger charge is -2.22. The highest BCUT2D eigenvalue weighted by molar-refractivity contribution is 6.33. The summed E-state index contributed by atoms with van der Waals surface area (Å²) in [6.45, 7) is 1.03. The molecule has 3 aromatic rings. The molecule has 4 rings (SSSR count). The van der Waals surface area contributed by atoms with E-state index in [1.54, 1.807) is 12.1 Å². The van der Waals surface area contributed by atoms with Gasteiger partial charge in [-0.25, -0.2) is 4.98 Å². The molecule has 5 nitrogen and oxygen atoms in total. The van der Waals surface area contributed by atoms with E-state index in [-0.39, 0.29) is 12.0 Å². The van der Waals surface area contributed by atoms with Gasteiger partial charge >= 0.3 is 6.18 Å². The number of nitrogens with two attached hydrogens (primary N) is 1. The predicted octanol–water partition coefficient (Wildman–Crippen LogP) is 5.18. The summed E-state index contributed by atoms with van der Waals surface area (Å²) in [6, 6.07) is 14.9. The van der Waals surface area contributed by atoms with Gasteiger partial charge in [0, 0.05) is 41.5 Å². The Morgan fingerprint density at radius 2 is 1.94 bits per heavy atom. The molecule has 1 atom stereocenters. The van der Waals surface area contributed by atoms with E-state index in [1.165, 1.54) is 6.07 Å². The van der Waals surface area contributed by atoms with Crippen molar-refractivity contribution in [1.82, 2.24) is 4.98 Å². The van der Waals surface area contributed by atoms with E-state index in [0.29, 0.717) is 35.8 Å². The first kappa shape index (κ1) is 22.0. The molecule has 0 radical (unpaired) electrons. The first-order valence-electron chi connectivity index (χ1n) is 9.86. The van der Waals surface area contributed by atoms with Crippen LogP contribution in [-0.2, 0) is 6.18 Å². The summed E-state index contributed by atoms with van der Waals surface area (Å²) >= 11 is 6.28. The molecule has 1 aliphatic rings. The molecule has 0 unspecified atom stereocenters. The molecule has 0 bridgehead atoms. The number of hydrogen-bond donors (Lipinski definition) is 1. The number of aromatic nitrogens is 1. The fraction of sp³-hybridized carbons (Fsp3) is 0.217. The number of nitrogens with zero attached hydrogens (tertiary/aromatic N) is 2. The van der Waals surface area contributed by atoms with Crippen molar-refractivity contribution >= 4 is 23.2 Å². The van der Waals surface area contributed by atoms with E-state index in [1.807, 2.05) is 35.2 Å². The van der Waals surface area contributed by atoms with E-state index < -0.39 is 17.6 Å². The van der Waals surface area contributed by atoms with Crippen LogP contribution in [0.2, 0.25) is 5.02 Å². The quantitative estimate of drug-likeness (QED) is 0.568. The zero-order valence-corrected chi connectivity index (χ0v) is 17.5. The third-order valence-corrected chi connectivity index (χ3v) is 5.61. The Labute approximate surface area is 187 Å². The highest BCUT2D eigenvalue weighted by Crippen LogP contribution is 2.34. The van der Waals surface area contributed by atoms with E-state index in [9.17, 15) is 18.0 Å². The van der Waals surface area contributed by atoms with Gasteiger partial charge in [-0.2, -0.15) is 13.2 Å². The van der Waals surface area contributed by atoms with Crippen LogP contribution in [0.3, 0.4) is 0 Å². The molecule has 2 aromatic carbocycles. The van der Waals surface area contributed by atoms with Crippen molar-refractivity contribution in [3.8, 4) is 17.0 Å². The second kappa shape index (κ2) is 8.70. The maximum atomic E-state index is 12.7. The van der Waals surface area contributed by atoms with Gasteiger partial charge < -0.3 is 15.4 Å². The monoisotopic (exact) mass is 461 g/mol. The molecule has 1 aromatic heterocycles. The van der Waals surface area contributed by atoms with Gasteiger partial charge in [0.15, 0.2) is 0 Å². The number of benzene rings is 2. The second-order valence-corrected chi connectivity index (χ2v) is 7.84. The lowest BCUT2D eigenvalue weighted by Crippen LogP contribution is -2.27. The number of rotatable bonds is 5. The Kier molecular flexibility index (Phi) is 5.97. The number of carbonyl (C=O) groups is 1. The summed E-state index contributed by atoms with van der Waals surface area (Å²) in [5, 5.41) is 0.564. The Bertz CT molecular complexity index is 1140. The Morgan fingerprint density at radius 3 is 2.59 bits per heavy atom. The molecule has 166 valence electrons. The van der Waals surface area contributed by atoms with Gasteiger partial charge in [0.05, 0.1) is 17.7 Å². The maximum Gasteiger partial charge on any atom is 0.417 e. The summed E-state index contributed by atoms with van der Waals surface area (Å²) in [6.07, 6.45) is -3.37. The summed E-state index contributed by atoms with van der Waals surface area (Å²) < 4.78 is 43.8. The molecule has 1 aliphatic heterocycles. The number of carbonyl (C=O) groups excluding carboxylic acids is 1. The van der Waals surface area contributed by atoms with Gasteiger partial charge in [0.1, 0.15) is 6.10 Å². The molecule has 1 fully saturated rings. The first-order chi connectivity index (χ1) is 15.2. The normalized spacial score (nSPS) is 16.2. The molecular formula is C23H19ClF3N3O2. The van der Waals surface area contributed by atoms with Gasteiger partial charge in [-0.3, -0.25) is 4.79 Å². The second-order valence-electron chi connectivity index (χ2n) is 7.43. The van der Waals surface area contributed by atoms with Gasteiger partial charge in [0.25, 0.3) is 5.91 Å². The summed E-state index contributed by atoms with van der Waals surface area (Å²) in [4.78, 5) is 17.9. The topological polar surface area (TPSA) is 68.5 Å². The number of alkyl halides is 3. The molecule has 1 amide bonds. The third kappa shape index (κ3) is 4.65. The van der Waals surface area contributed by atoms with Crippen molar-refractivity contribution in [1.29, 1.82) is 0 Å². The smallest absolute Gasteiger partial charge is 0.417 e. The Morgan fingerprint density at radius 1 is 1.16 bits per heavy atom. The van der Waals surface area contributed by atoms with Gasteiger partial charge in [-0.05, 0) is 29.8 Å². The third-order valence-electron chi connectivity index (χ3n) is 5.28. The average molecular weight is 462 g/mol. The number of amides is 1. The largest absolute Gasteiger partial charge is 0.472 e. The molecule has 0 saturated carbocycles. The molecule has 9 heteroatoms. The van der Waals surface area contributed by atoms with Gasteiger partial charge in [-0.1, -0.05) is 35.9 Å². The van der Waals surface area contributed by atoms with E-state index >= 15 is 0 Å². The van der Waals surface area contributed by atoms with Crippen LogP contribution in [-0.4, -0.2) is 30.1 Å². The zero-order valence-electron chi connectivity index (χ0n) is 16.8. The molecule has 0 spiro atoms. The molecule has 2 N–H and O–H groups in total. The van der Waals surface area contributed by atoms with E-state index in [4.69, 9.17) is 22.1 Å². The van der Waals surface area contributed by atoms with Crippen LogP contribution < -0.4 is 15.4 Å². The van der Waals surface area contributed by atoms with Gasteiger partial charge in [-0.15, -0.1) is 0 Å². The molecule has 0 aliphatic carbocycles. The Balaban J connectivity index is 1.51. The molecule has 1 saturated heterocycles. The lowest BCUT2D eigenvalue weighted by atomic mass is 10.0. The van der Waals surface area contributed by atoms with Crippen LogP contribution in [0.1, 0.15) is 22.3 Å². The van der Waals surface area contributed by atoms with Crippen molar-refractivity contribution < 1.29 is 22.7 Å². The lowest BCUT2D eigenvalue weighted by molar-refractivity contribution is -0.137. The van der Waals surface area contributed by atoms with Crippen LogP contribution in [0.4, 0.5) is 18.9 Å². The highest BCUT2D eigenvalue weighted by Gasteiger charge is 2.31. The predicted molar refractivity (Wildman–Crippen MR) is 116 cm³/mol. The standard InChI is InChI=1S/C23H19ClF3N3O2/c24-19-4-2-1-3-17(19)14-5-7-20(18(11-14)22(28)31)30-10-9-16(13-30)32-21-8-6-15(12-29-21)23(25,26)27/h1-8,11-12,16H,9-10,13H2,(H2,28,31)/t16-/m0/s1. The minimum Gasteiger partial charge on any atom is -0.472 e. The van der Waals surface area contributed by atoms with Crippen LogP contribution in [0.5, 0.6) is 5.88 Å². The number of ether oxygens (including phenoxy) is 1. The van der Waals surface area contributed by atoms with E-state index in [0.717, 1.165) is 23.4 Å². The number of hydrogen-bond acceptors (Lipinski definition) is 4. The zero-order chi connectivity index (χ0) is 22.9. The summed E-state index contributed by atoms with van der Waals surface area (Å²) in [5.41, 5.74) is 7.40. The van der Waals surface area contributed by atoms with Crippen molar-refractivity contribution in [2.45, 2.75) is 18.7 Å². The van der Waals surface area contributed by atoms with Crippen LogP contribution in [0.25, 0.3) is 11.1 Å². The fourth-order valence-electron chi connectivity index (χ4n) is 3.70. The highest BCUT2D eigenvalue weighted by atomic mass is 35.5. The minimum atomic E-state index is -4.45. The van der Waals surface area contributed by atoms with Crippen molar-refractivity contribution in [2.75, 3.05) is 18.0 Å². The minimum absolute atomic E-state index is 0.119. The molecule has 32 heavy (non-hydrogen) atoms. The number of halogens is 4. The number of primary amides is 1. The van der Waals surface area contributed by atoms with E-state index in [2.05, 4.69) is 4.98 Å². The van der Waals surface area contributed by atoms with Gasteiger partial charge in [0.2, 0.25) is 5.88 Å². The number of anilines is 1. The maximum absolute atomic E-state index is 12.7. The van der Waals surface area contributed by atoms with Crippen molar-refractivity contribution in [3.05, 3.63) is 76.9 Å². The fourth-order valence-corrected chi connectivity index (χ4v) is 3.95. The molecule has 2 heterocycles. The Hall–Kier alpha value is -3.26. The van der Waals surface area contributed by atoms with Crippen molar-refractivity contribution in [2.24, 2.45) is 5.73 Å². The SMILES string of the molecule is NC(=O)c1cc(-c2ccccc2Cl)ccc1N1CC[C@H](Oc2ccc(C(F)(F)F)cn2)C1. The summed E-state index contributed by atoms with van der Waals surface area (Å²) in [7, 11) is 0. The van der Waals surface area contributed by atoms with Crippen LogP contribution in [0.15, 0.2) is 60.8 Å². The van der Waals surface area contributed by atoms with Crippen LogP contribution >= 0.6 is 11.6 Å². The van der Waals surface area contributed by atoms with Crippen LogP contribution in [0, 0.1) is 0 Å². The summed E-state index contributed by atoms with van der Waals surface area (Å²) in [5.74, 6) is -0.447. The molecular weight excluding hydrogens is 443 g/mol. The first-order valence-corrected chi connectivity index (χ1v) is 10.2. The van der Waals surface area contributed by atoms with Crippen molar-refractivity contribution in [3.63, 3.8) is 0 Å². The average Bonchev–Trinajstić information content (AvgIpc) is 3.21.